The number of ether oxygens (including phenoxy) is 2. The summed E-state index contributed by atoms with van der Waals surface area (Å²) in [7, 11) is 4.13. The summed E-state index contributed by atoms with van der Waals surface area (Å²) < 4.78 is 14.2. The molecule has 42 heavy (non-hydrogen) atoms. The monoisotopic (exact) mass is 579 g/mol. The predicted molar refractivity (Wildman–Crippen MR) is 163 cm³/mol. The van der Waals surface area contributed by atoms with Gasteiger partial charge in [-0.25, -0.2) is 4.98 Å². The summed E-state index contributed by atoms with van der Waals surface area (Å²) in [5.41, 5.74) is 7.77. The molecule has 0 amide bonds. The molecule has 0 N–H and O–H groups in total. The zero-order valence-corrected chi connectivity index (χ0v) is 24.4. The fourth-order valence-electron chi connectivity index (χ4n) is 4.69. The molecule has 2 aromatic heterocycles. The summed E-state index contributed by atoms with van der Waals surface area (Å²) in [6.07, 6.45) is 5.67. The fourth-order valence-corrected chi connectivity index (χ4v) is 4.92. The molecule has 0 aliphatic heterocycles. The number of carbonyl (C=O) groups is 1. The van der Waals surface area contributed by atoms with Crippen LogP contribution in [-0.4, -0.2) is 46.4 Å². The van der Waals surface area contributed by atoms with Crippen LogP contribution < -0.4 is 9.47 Å². The van der Waals surface area contributed by atoms with Crippen LogP contribution in [0.1, 0.15) is 32.6 Å². The third-order valence-corrected chi connectivity index (χ3v) is 7.35. The van der Waals surface area contributed by atoms with E-state index in [0.717, 1.165) is 46.4 Å². The van der Waals surface area contributed by atoms with Gasteiger partial charge < -0.3 is 18.9 Å². The molecule has 5 aromatic rings. The topological polar surface area (TPSA) is 93.3 Å². The first-order valence-corrected chi connectivity index (χ1v) is 13.8. The first-order valence-electron chi connectivity index (χ1n) is 13.4. The molecular weight excluding hydrogens is 550 g/mol. The second-order valence-corrected chi connectivity index (χ2v) is 10.7. The van der Waals surface area contributed by atoms with Crippen molar-refractivity contribution >= 4 is 28.9 Å². The van der Waals surface area contributed by atoms with Crippen molar-refractivity contribution < 1.29 is 14.3 Å². The van der Waals surface area contributed by atoms with Crippen molar-refractivity contribution in [2.24, 2.45) is 0 Å². The standard InChI is InChI=1S/C33H30ClN5O3/c1-22-26(5-4-6-28(22)25-7-8-31-30(13-25)37-21-39(31)10-9-38(2)3)20-42-33-14-32(27(18-40)12-29(33)34)41-19-24-11-23(15-35)16-36-17-24/h4-8,11-14,16-18,21H,9-10,19-20H2,1-3H3. The molecule has 8 nitrogen and oxygen atoms in total. The summed E-state index contributed by atoms with van der Waals surface area (Å²) >= 11 is 6.47. The van der Waals surface area contributed by atoms with Gasteiger partial charge >= 0.3 is 0 Å². The second kappa shape index (κ2) is 12.9. The number of nitriles is 1. The van der Waals surface area contributed by atoms with Crippen LogP contribution in [0.3, 0.4) is 0 Å². The van der Waals surface area contributed by atoms with Crippen molar-refractivity contribution in [1.82, 2.24) is 19.4 Å². The summed E-state index contributed by atoms with van der Waals surface area (Å²) in [6, 6.07) is 19.4. The number of imidazole rings is 1. The molecule has 0 bridgehead atoms. The number of hydrogen-bond acceptors (Lipinski definition) is 7. The highest BCUT2D eigenvalue weighted by atomic mass is 35.5. The Morgan fingerprint density at radius 1 is 1.05 bits per heavy atom. The number of benzene rings is 3. The van der Waals surface area contributed by atoms with Crippen LogP contribution in [0.25, 0.3) is 22.2 Å². The minimum atomic E-state index is 0.129. The van der Waals surface area contributed by atoms with Crippen molar-refractivity contribution in [3.8, 4) is 28.7 Å². The van der Waals surface area contributed by atoms with E-state index >= 15 is 0 Å². The van der Waals surface area contributed by atoms with Crippen molar-refractivity contribution in [3.05, 3.63) is 106 Å². The van der Waals surface area contributed by atoms with E-state index in [2.05, 4.69) is 70.8 Å². The Balaban J connectivity index is 1.34. The Kier molecular flexibility index (Phi) is 8.82. The van der Waals surface area contributed by atoms with Crippen molar-refractivity contribution in [2.45, 2.75) is 26.7 Å². The summed E-state index contributed by atoms with van der Waals surface area (Å²) in [6.45, 7) is 4.29. The van der Waals surface area contributed by atoms with Crippen LogP contribution in [-0.2, 0) is 19.8 Å². The SMILES string of the molecule is Cc1c(COc2cc(OCc3cncc(C#N)c3)c(C=O)cc2Cl)cccc1-c1ccc2c(c1)ncn2CCN(C)C. The van der Waals surface area contributed by atoms with Gasteiger partial charge in [-0.2, -0.15) is 5.26 Å². The molecule has 0 saturated carbocycles. The highest BCUT2D eigenvalue weighted by Gasteiger charge is 2.14. The number of rotatable bonds is 11. The first-order chi connectivity index (χ1) is 20.4. The highest BCUT2D eigenvalue weighted by molar-refractivity contribution is 6.32. The number of hydrogen-bond donors (Lipinski definition) is 0. The average Bonchev–Trinajstić information content (AvgIpc) is 3.41. The Labute approximate surface area is 249 Å². The van der Waals surface area contributed by atoms with Gasteiger partial charge in [-0.3, -0.25) is 9.78 Å². The van der Waals surface area contributed by atoms with Gasteiger partial charge in [0.05, 0.1) is 33.5 Å². The maximum absolute atomic E-state index is 11.7. The number of likely N-dealkylation sites (N-methyl/N-ethyl adjacent to an activating group) is 1. The van der Waals surface area contributed by atoms with Crippen LogP contribution in [0.5, 0.6) is 11.5 Å². The maximum Gasteiger partial charge on any atom is 0.153 e. The molecule has 0 unspecified atom stereocenters. The normalized spacial score (nSPS) is 11.0. The van der Waals surface area contributed by atoms with Gasteiger partial charge in [0.15, 0.2) is 6.29 Å². The van der Waals surface area contributed by atoms with Gasteiger partial charge in [-0.1, -0.05) is 35.9 Å². The smallest absolute Gasteiger partial charge is 0.153 e. The van der Waals surface area contributed by atoms with Gasteiger partial charge in [-0.15, -0.1) is 0 Å². The van der Waals surface area contributed by atoms with E-state index in [1.807, 2.05) is 18.5 Å². The molecule has 0 saturated heterocycles. The Hall–Kier alpha value is -4.71. The van der Waals surface area contributed by atoms with Gasteiger partial charge in [0, 0.05) is 37.1 Å². The third kappa shape index (κ3) is 6.44. The zero-order chi connectivity index (χ0) is 29.6. The zero-order valence-electron chi connectivity index (χ0n) is 23.7. The molecule has 212 valence electrons. The molecule has 5 rings (SSSR count). The fraction of sp³-hybridized carbons (Fsp3) is 0.212. The molecule has 0 aliphatic carbocycles. The van der Waals surface area contributed by atoms with E-state index in [0.29, 0.717) is 39.5 Å². The number of carbonyl (C=O) groups excluding carboxylic acids is 1. The molecule has 3 aromatic carbocycles. The van der Waals surface area contributed by atoms with Crippen LogP contribution in [0, 0.1) is 18.3 Å². The quantitative estimate of drug-likeness (QED) is 0.166. The van der Waals surface area contributed by atoms with E-state index in [-0.39, 0.29) is 13.2 Å². The lowest BCUT2D eigenvalue weighted by atomic mass is 9.96. The van der Waals surface area contributed by atoms with Crippen LogP contribution in [0.4, 0.5) is 0 Å². The minimum absolute atomic E-state index is 0.129. The summed E-state index contributed by atoms with van der Waals surface area (Å²) in [4.78, 5) is 22.5. The lowest BCUT2D eigenvalue weighted by Crippen LogP contribution is -2.17. The molecule has 0 spiro atoms. The van der Waals surface area contributed by atoms with Crippen LogP contribution in [0.2, 0.25) is 5.02 Å². The molecule has 0 atom stereocenters. The number of aromatic nitrogens is 3. The van der Waals surface area contributed by atoms with Gasteiger partial charge in [0.2, 0.25) is 0 Å². The van der Waals surface area contributed by atoms with Crippen LogP contribution in [0.15, 0.2) is 73.3 Å². The molecular formula is C33H30ClN5O3. The predicted octanol–water partition coefficient (Wildman–Crippen LogP) is 6.46. The number of halogens is 1. The highest BCUT2D eigenvalue weighted by Crippen LogP contribution is 2.34. The third-order valence-electron chi connectivity index (χ3n) is 7.06. The first kappa shape index (κ1) is 28.8. The largest absolute Gasteiger partial charge is 0.488 e. The van der Waals surface area contributed by atoms with E-state index in [9.17, 15) is 4.79 Å². The van der Waals surface area contributed by atoms with Crippen molar-refractivity contribution in [2.75, 3.05) is 20.6 Å². The lowest BCUT2D eigenvalue weighted by molar-refractivity contribution is 0.111. The Bertz CT molecular complexity index is 1790. The Morgan fingerprint density at radius 3 is 2.67 bits per heavy atom. The molecule has 0 fully saturated rings. The summed E-state index contributed by atoms with van der Waals surface area (Å²) in [5.74, 6) is 0.728. The number of nitrogens with zero attached hydrogens (tertiary/aromatic N) is 5. The maximum atomic E-state index is 11.7. The van der Waals surface area contributed by atoms with Gasteiger partial charge in [0.25, 0.3) is 0 Å². The molecule has 0 aliphatic rings. The van der Waals surface area contributed by atoms with E-state index in [1.54, 1.807) is 18.3 Å². The summed E-state index contributed by atoms with van der Waals surface area (Å²) in [5, 5.41) is 9.42. The molecule has 2 heterocycles. The lowest BCUT2D eigenvalue weighted by Gasteiger charge is -2.16. The second-order valence-electron chi connectivity index (χ2n) is 10.2. The van der Waals surface area contributed by atoms with E-state index in [4.69, 9.17) is 26.3 Å². The Morgan fingerprint density at radius 2 is 1.88 bits per heavy atom. The number of fused-ring (bicyclic) bond motifs is 1. The van der Waals surface area contributed by atoms with Gasteiger partial charge in [-0.05, 0) is 67.5 Å². The van der Waals surface area contributed by atoms with Crippen molar-refractivity contribution in [3.63, 3.8) is 0 Å². The van der Waals surface area contributed by atoms with E-state index < -0.39 is 0 Å². The van der Waals surface area contributed by atoms with E-state index in [1.165, 1.54) is 12.3 Å². The number of pyridine rings is 1. The average molecular weight is 580 g/mol. The van der Waals surface area contributed by atoms with Crippen molar-refractivity contribution in [1.29, 1.82) is 5.26 Å². The van der Waals surface area contributed by atoms with Crippen LogP contribution >= 0.6 is 11.6 Å². The molecule has 9 heteroatoms. The molecule has 0 radical (unpaired) electrons. The minimum Gasteiger partial charge on any atom is -0.488 e. The van der Waals surface area contributed by atoms with Gasteiger partial charge in [0.1, 0.15) is 30.8 Å². The number of aldehydes is 1.